The molecular formula is C13H20N7O13P3. The summed E-state index contributed by atoms with van der Waals surface area (Å²) in [6, 6.07) is 0. The van der Waals surface area contributed by atoms with Gasteiger partial charge in [0.15, 0.2) is 0 Å². The summed E-state index contributed by atoms with van der Waals surface area (Å²) >= 11 is 0. The fourth-order valence-corrected chi connectivity index (χ4v) is 5.78. The molecule has 23 heteroatoms. The highest BCUT2D eigenvalue weighted by Gasteiger charge is 2.43. The van der Waals surface area contributed by atoms with Crippen LogP contribution in [0.15, 0.2) is 16.1 Å². The molecule has 0 saturated carbocycles. The van der Waals surface area contributed by atoms with Crippen molar-refractivity contribution < 1.29 is 55.9 Å². The molecule has 0 bridgehead atoms. The van der Waals surface area contributed by atoms with E-state index in [0.717, 1.165) is 4.57 Å². The molecule has 20 nitrogen and oxygen atoms in total. The van der Waals surface area contributed by atoms with Gasteiger partial charge in [0.25, 0.3) is 0 Å². The molecule has 0 radical (unpaired) electrons. The van der Waals surface area contributed by atoms with E-state index in [1.165, 1.54) is 6.20 Å². The smallest absolute Gasteiger partial charge is 0.382 e. The van der Waals surface area contributed by atoms with Crippen molar-refractivity contribution in [3.8, 4) is 11.8 Å². The van der Waals surface area contributed by atoms with Crippen molar-refractivity contribution >= 4 is 29.3 Å². The van der Waals surface area contributed by atoms with Gasteiger partial charge in [0.1, 0.15) is 24.9 Å². The van der Waals surface area contributed by atoms with Gasteiger partial charge in [-0.3, -0.25) is 9.09 Å². The summed E-state index contributed by atoms with van der Waals surface area (Å²) in [5.41, 5.74) is 18.7. The van der Waals surface area contributed by atoms with Crippen molar-refractivity contribution in [3.05, 3.63) is 32.7 Å². The highest BCUT2D eigenvalue weighted by atomic mass is 31.3. The predicted molar refractivity (Wildman–Crippen MR) is 116 cm³/mol. The lowest BCUT2D eigenvalue weighted by atomic mass is 10.2. The minimum atomic E-state index is -5.74. The van der Waals surface area contributed by atoms with E-state index in [0.29, 0.717) is 0 Å². The van der Waals surface area contributed by atoms with Crippen LogP contribution in [0.25, 0.3) is 10.4 Å². The van der Waals surface area contributed by atoms with Crippen LogP contribution in [0, 0.1) is 11.8 Å². The van der Waals surface area contributed by atoms with Crippen molar-refractivity contribution in [2.75, 3.05) is 25.6 Å². The summed E-state index contributed by atoms with van der Waals surface area (Å²) in [6.07, 6.45) is -2.30. The van der Waals surface area contributed by atoms with Gasteiger partial charge in [0, 0.05) is 17.5 Å². The molecule has 1 aliphatic heterocycles. The number of rotatable bonds is 11. The number of azide groups is 1. The zero-order valence-electron chi connectivity index (χ0n) is 17.8. The normalized spacial score (nSPS) is 23.1. The van der Waals surface area contributed by atoms with Crippen LogP contribution in [-0.2, 0) is 36.3 Å². The lowest BCUT2D eigenvalue weighted by Crippen LogP contribution is -2.29. The number of aromatic nitrogens is 2. The molecule has 5 atom stereocenters. The topological polar surface area (TPSA) is 314 Å². The van der Waals surface area contributed by atoms with Gasteiger partial charge in [0.05, 0.1) is 24.8 Å². The van der Waals surface area contributed by atoms with Crippen LogP contribution in [-0.4, -0.2) is 61.2 Å². The number of nitrogens with zero attached hydrogens (tertiary/aromatic N) is 5. The van der Waals surface area contributed by atoms with Gasteiger partial charge in [-0.25, -0.2) is 18.5 Å². The Labute approximate surface area is 201 Å². The first-order valence-corrected chi connectivity index (χ1v) is 13.8. The first-order chi connectivity index (χ1) is 16.7. The lowest BCUT2D eigenvalue weighted by molar-refractivity contribution is -0.0601. The van der Waals surface area contributed by atoms with Gasteiger partial charge in [-0.2, -0.15) is 13.6 Å². The van der Waals surface area contributed by atoms with Crippen molar-refractivity contribution in [2.24, 2.45) is 10.8 Å². The third-order valence-corrected chi connectivity index (χ3v) is 7.83. The predicted octanol–water partition coefficient (Wildman–Crippen LogP) is -0.580. The Morgan fingerprint density at radius 2 is 1.97 bits per heavy atom. The number of phosphoric ester groups is 1. The van der Waals surface area contributed by atoms with Crippen molar-refractivity contribution in [1.29, 1.82) is 0 Å². The molecule has 1 aromatic heterocycles. The molecule has 200 valence electrons. The second kappa shape index (κ2) is 12.4. The third kappa shape index (κ3) is 9.37. The quantitative estimate of drug-likeness (QED) is 0.0632. The number of hydrogen-bond donors (Lipinski definition) is 6. The highest BCUT2D eigenvalue weighted by molar-refractivity contribution is 7.66. The molecule has 1 aliphatic rings. The average molecular weight is 575 g/mol. The van der Waals surface area contributed by atoms with E-state index in [2.05, 4.69) is 40.0 Å². The standard InChI is InChI=1S/C13H20N7O13P3/c14-3-1-2-8-5-20(13(21)18-12(8)15)11-4-9(29-7-17-19-16)10(31-11)6-30-35(25,26)33-36(27,28)32-34(22,23)24/h5,9-11H,3-4,6-7,14H2,(H,25,26)(H,27,28)(H2,15,18,21)(H2,22,23,24)/t9-,10?,11?/m1/s1. The molecular weight excluding hydrogens is 555 g/mol. The first kappa shape index (κ1) is 30.1. The molecule has 2 rings (SSSR count). The van der Waals surface area contributed by atoms with Gasteiger partial charge in [-0.1, -0.05) is 17.0 Å². The number of nitrogens with two attached hydrogens (primary N) is 2. The number of nitrogen functional groups attached to an aromatic ring is 1. The Bertz CT molecular complexity index is 1270. The van der Waals surface area contributed by atoms with Gasteiger partial charge in [-0.05, 0) is 5.53 Å². The van der Waals surface area contributed by atoms with Gasteiger partial charge in [0.2, 0.25) is 0 Å². The van der Waals surface area contributed by atoms with E-state index in [1.54, 1.807) is 0 Å². The van der Waals surface area contributed by atoms with Crippen LogP contribution in [0.3, 0.4) is 0 Å². The summed E-state index contributed by atoms with van der Waals surface area (Å²) < 4.78 is 58.0. The number of phosphoric acid groups is 3. The van der Waals surface area contributed by atoms with Gasteiger partial charge < -0.3 is 40.5 Å². The van der Waals surface area contributed by atoms with Gasteiger partial charge >= 0.3 is 29.2 Å². The minimum absolute atomic E-state index is 0.00348. The second-order valence-electron chi connectivity index (χ2n) is 6.55. The van der Waals surface area contributed by atoms with Crippen LogP contribution < -0.4 is 17.2 Å². The molecule has 1 aromatic rings. The van der Waals surface area contributed by atoms with E-state index < -0.39 is 60.9 Å². The number of ether oxygens (including phenoxy) is 2. The molecule has 0 aromatic carbocycles. The zero-order chi connectivity index (χ0) is 27.1. The van der Waals surface area contributed by atoms with E-state index in [1.807, 2.05) is 0 Å². The molecule has 1 saturated heterocycles. The van der Waals surface area contributed by atoms with Crippen molar-refractivity contribution in [1.82, 2.24) is 9.55 Å². The van der Waals surface area contributed by atoms with Crippen molar-refractivity contribution in [3.63, 3.8) is 0 Å². The number of hydrogen-bond acceptors (Lipinski definition) is 13. The minimum Gasteiger partial charge on any atom is -0.382 e. The molecule has 0 aliphatic carbocycles. The molecule has 36 heavy (non-hydrogen) atoms. The maximum absolute atomic E-state index is 12.4. The maximum atomic E-state index is 12.4. The second-order valence-corrected chi connectivity index (χ2v) is 11.0. The average Bonchev–Trinajstić information content (AvgIpc) is 3.12. The molecule has 0 amide bonds. The summed E-state index contributed by atoms with van der Waals surface area (Å²) in [5.74, 6) is 4.99. The van der Waals surface area contributed by atoms with Crippen LogP contribution in [0.5, 0.6) is 0 Å². The van der Waals surface area contributed by atoms with E-state index in [-0.39, 0.29) is 24.3 Å². The molecule has 2 heterocycles. The fourth-order valence-electron chi connectivity index (χ4n) is 2.75. The SMILES string of the molecule is [N-]=[N+]=NCO[C@@H]1CC(n2cc(C#CCN)c(N)nc2=O)OC1COP(=O)(O)OP(=O)(O)OP(=O)(O)O. The Morgan fingerprint density at radius 3 is 2.58 bits per heavy atom. The van der Waals surface area contributed by atoms with Gasteiger partial charge in [-0.15, -0.1) is 0 Å². The van der Waals surface area contributed by atoms with Crippen LogP contribution in [0.1, 0.15) is 18.2 Å². The van der Waals surface area contributed by atoms with Crippen molar-refractivity contribution in [2.45, 2.75) is 24.9 Å². The van der Waals surface area contributed by atoms with Crippen LogP contribution in [0.2, 0.25) is 0 Å². The van der Waals surface area contributed by atoms with Crippen LogP contribution >= 0.6 is 23.5 Å². The lowest BCUT2D eigenvalue weighted by Gasteiger charge is -2.21. The third-order valence-electron chi connectivity index (χ3n) is 4.02. The Kier molecular flexibility index (Phi) is 10.3. The maximum Gasteiger partial charge on any atom is 0.490 e. The Morgan fingerprint density at radius 1 is 1.28 bits per heavy atom. The van der Waals surface area contributed by atoms with E-state index in [9.17, 15) is 28.3 Å². The molecule has 1 fully saturated rings. The van der Waals surface area contributed by atoms with E-state index in [4.69, 9.17) is 36.3 Å². The highest BCUT2D eigenvalue weighted by Crippen LogP contribution is 2.66. The summed E-state index contributed by atoms with van der Waals surface area (Å²) in [6.45, 7) is -1.39. The first-order valence-electron chi connectivity index (χ1n) is 9.30. The largest absolute Gasteiger partial charge is 0.490 e. The monoisotopic (exact) mass is 575 g/mol. The zero-order valence-corrected chi connectivity index (χ0v) is 20.5. The number of anilines is 1. The molecule has 8 N–H and O–H groups in total. The Balaban J connectivity index is 2.22. The van der Waals surface area contributed by atoms with Crippen LogP contribution in [0.4, 0.5) is 5.82 Å². The molecule has 0 spiro atoms. The summed E-state index contributed by atoms with van der Waals surface area (Å²) in [7, 11) is -16.8. The Hall–Kier alpha value is -2.16. The molecule has 4 unspecified atom stereocenters. The summed E-state index contributed by atoms with van der Waals surface area (Å²) in [5, 5.41) is 3.18. The van der Waals surface area contributed by atoms with E-state index >= 15 is 0 Å². The summed E-state index contributed by atoms with van der Waals surface area (Å²) in [4.78, 5) is 54.5. The fraction of sp³-hybridized carbons (Fsp3) is 0.538.